The molecule has 98 valence electrons. The number of hydrogen-bond acceptors (Lipinski definition) is 3. The number of hydrogen-bond donors (Lipinski definition) is 1. The molecule has 1 aliphatic rings. The minimum absolute atomic E-state index is 0.0771. The predicted molar refractivity (Wildman–Crippen MR) is 78.9 cm³/mol. The van der Waals surface area contributed by atoms with Gasteiger partial charge in [0.2, 0.25) is 0 Å². The van der Waals surface area contributed by atoms with E-state index in [1.54, 1.807) is 24.3 Å². The molecule has 3 rings (SSSR count). The minimum Gasteiger partial charge on any atom is -0.507 e. The van der Waals surface area contributed by atoms with E-state index in [9.17, 15) is 14.7 Å². The number of rotatable bonds is 1. The van der Waals surface area contributed by atoms with E-state index >= 15 is 0 Å². The third kappa shape index (κ3) is 1.89. The van der Waals surface area contributed by atoms with Crippen LogP contribution in [0.2, 0.25) is 0 Å². The van der Waals surface area contributed by atoms with Gasteiger partial charge in [-0.05, 0) is 23.8 Å². The van der Waals surface area contributed by atoms with Gasteiger partial charge >= 0.3 is 0 Å². The molecule has 0 unspecified atom stereocenters. The van der Waals surface area contributed by atoms with Crippen LogP contribution in [-0.2, 0) is 0 Å². The normalized spacial score (nSPS) is 13.9. The summed E-state index contributed by atoms with van der Waals surface area (Å²) in [6.07, 6.45) is 1.28. The molecule has 1 aliphatic carbocycles. The first kappa shape index (κ1) is 12.8. The first-order valence-electron chi connectivity index (χ1n) is 5.97. The van der Waals surface area contributed by atoms with Crippen molar-refractivity contribution in [3.05, 3.63) is 69.7 Å². The summed E-state index contributed by atoms with van der Waals surface area (Å²) in [7, 11) is 0. The fourth-order valence-corrected chi connectivity index (χ4v) is 2.78. The van der Waals surface area contributed by atoms with E-state index in [1.807, 2.05) is 12.1 Å². The highest BCUT2D eigenvalue weighted by molar-refractivity contribution is 9.10. The Hall–Kier alpha value is -2.20. The largest absolute Gasteiger partial charge is 0.507 e. The van der Waals surface area contributed by atoms with E-state index in [0.717, 1.165) is 4.47 Å². The Labute approximate surface area is 123 Å². The summed E-state index contributed by atoms with van der Waals surface area (Å²) in [5.74, 6) is -0.783. The zero-order chi connectivity index (χ0) is 14.3. The molecule has 0 amide bonds. The average molecular weight is 329 g/mol. The molecule has 1 N–H and O–H groups in total. The molecule has 0 spiro atoms. The first-order chi connectivity index (χ1) is 9.59. The maximum Gasteiger partial charge on any atom is 0.194 e. The summed E-state index contributed by atoms with van der Waals surface area (Å²) in [6, 6.07) is 11.7. The summed E-state index contributed by atoms with van der Waals surface area (Å²) in [5.41, 5.74) is 1.32. The number of ketones is 2. The number of carbonyl (C=O) groups excluding carboxylic acids is 2. The van der Waals surface area contributed by atoms with E-state index < -0.39 is 0 Å². The van der Waals surface area contributed by atoms with E-state index in [1.165, 1.54) is 12.1 Å². The Morgan fingerprint density at radius 2 is 1.60 bits per heavy atom. The quantitative estimate of drug-likeness (QED) is 0.869. The summed E-state index contributed by atoms with van der Waals surface area (Å²) in [4.78, 5) is 24.7. The van der Waals surface area contributed by atoms with Crippen LogP contribution in [0, 0.1) is 0 Å². The number of phenolic OH excluding ortho intramolecular Hbond substituents is 1. The average Bonchev–Trinajstić information content (AvgIpc) is 2.43. The third-order valence-electron chi connectivity index (χ3n) is 3.22. The zero-order valence-corrected chi connectivity index (χ0v) is 11.8. The number of allylic oxidation sites excluding steroid dienone is 2. The highest BCUT2D eigenvalue weighted by atomic mass is 79.9. The number of fused-ring (bicyclic) bond motifs is 1. The number of aromatic hydroxyl groups is 1. The van der Waals surface area contributed by atoms with Crippen LogP contribution in [0.1, 0.15) is 26.3 Å². The van der Waals surface area contributed by atoms with Gasteiger partial charge in [-0.15, -0.1) is 0 Å². The second-order valence-electron chi connectivity index (χ2n) is 4.43. The van der Waals surface area contributed by atoms with Gasteiger partial charge in [0.25, 0.3) is 0 Å². The number of Topliss-reactive ketones (excluding diaryl/α,β-unsaturated/α-hetero) is 1. The van der Waals surface area contributed by atoms with Crippen molar-refractivity contribution in [1.29, 1.82) is 0 Å². The molecule has 0 bridgehead atoms. The summed E-state index contributed by atoms with van der Waals surface area (Å²) < 4.78 is 0.746. The van der Waals surface area contributed by atoms with Gasteiger partial charge in [0.15, 0.2) is 11.6 Å². The monoisotopic (exact) mass is 328 g/mol. The second-order valence-corrected chi connectivity index (χ2v) is 5.29. The van der Waals surface area contributed by atoms with Crippen molar-refractivity contribution < 1.29 is 14.7 Å². The number of phenols is 1. The lowest BCUT2D eigenvalue weighted by Gasteiger charge is -2.16. The zero-order valence-electron chi connectivity index (χ0n) is 10.3. The van der Waals surface area contributed by atoms with Crippen LogP contribution in [-0.4, -0.2) is 16.7 Å². The van der Waals surface area contributed by atoms with Crippen molar-refractivity contribution in [3.63, 3.8) is 0 Å². The smallest absolute Gasteiger partial charge is 0.194 e. The Bertz CT molecular complexity index is 775. The highest BCUT2D eigenvalue weighted by Gasteiger charge is 2.29. The van der Waals surface area contributed by atoms with E-state index in [4.69, 9.17) is 0 Å². The van der Waals surface area contributed by atoms with Crippen LogP contribution in [0.5, 0.6) is 5.75 Å². The number of benzene rings is 2. The maximum atomic E-state index is 12.5. The number of halogens is 1. The molecule has 0 saturated heterocycles. The fraction of sp³-hybridized carbons (Fsp3) is 0. The maximum absolute atomic E-state index is 12.5. The van der Waals surface area contributed by atoms with Gasteiger partial charge in [-0.2, -0.15) is 0 Å². The van der Waals surface area contributed by atoms with Gasteiger partial charge in [0, 0.05) is 15.6 Å². The molecule has 0 fully saturated rings. The van der Waals surface area contributed by atoms with Crippen molar-refractivity contribution in [1.82, 2.24) is 0 Å². The van der Waals surface area contributed by atoms with E-state index in [-0.39, 0.29) is 28.4 Å². The molecule has 0 atom stereocenters. The molecule has 2 aromatic rings. The van der Waals surface area contributed by atoms with Gasteiger partial charge < -0.3 is 5.11 Å². The van der Waals surface area contributed by atoms with Crippen LogP contribution >= 0.6 is 15.9 Å². The molecule has 4 heteroatoms. The molecular weight excluding hydrogens is 320 g/mol. The van der Waals surface area contributed by atoms with Gasteiger partial charge in [0.05, 0.1) is 5.56 Å². The summed E-state index contributed by atoms with van der Waals surface area (Å²) in [6.45, 7) is 0. The van der Waals surface area contributed by atoms with Crippen molar-refractivity contribution >= 4 is 33.1 Å². The lowest BCUT2D eigenvalue weighted by molar-refractivity contribution is 0.0999. The van der Waals surface area contributed by atoms with Crippen LogP contribution in [0.15, 0.2) is 53.0 Å². The van der Waals surface area contributed by atoms with Crippen LogP contribution in [0.3, 0.4) is 0 Å². The molecule has 0 aliphatic heterocycles. The molecule has 0 heterocycles. The predicted octanol–water partition coefficient (Wildman–Crippen LogP) is 3.62. The SMILES string of the molecule is O=C1C(c2ccccc2Br)=CC(=O)c2c(O)cccc21. The summed E-state index contributed by atoms with van der Waals surface area (Å²) in [5, 5.41) is 9.74. The van der Waals surface area contributed by atoms with Gasteiger partial charge in [-0.25, -0.2) is 0 Å². The van der Waals surface area contributed by atoms with E-state index in [2.05, 4.69) is 15.9 Å². The standard InChI is InChI=1S/C16H9BrO3/c17-12-6-2-1-4-9(12)11-8-14(19)15-10(16(11)20)5-3-7-13(15)18/h1-8,18H. The molecule has 0 radical (unpaired) electrons. The molecular formula is C16H9BrO3. The van der Waals surface area contributed by atoms with Crippen LogP contribution < -0.4 is 0 Å². The third-order valence-corrected chi connectivity index (χ3v) is 3.91. The number of carbonyl (C=O) groups is 2. The molecule has 2 aromatic carbocycles. The molecule has 0 aromatic heterocycles. The molecule has 0 saturated carbocycles. The van der Waals surface area contributed by atoms with Gasteiger partial charge in [-0.3, -0.25) is 9.59 Å². The van der Waals surface area contributed by atoms with E-state index in [0.29, 0.717) is 11.1 Å². The lowest BCUT2D eigenvalue weighted by atomic mass is 9.86. The second kappa shape index (κ2) is 4.72. The summed E-state index contributed by atoms with van der Waals surface area (Å²) >= 11 is 3.38. The minimum atomic E-state index is -0.358. The van der Waals surface area contributed by atoms with Crippen LogP contribution in [0.25, 0.3) is 5.57 Å². The van der Waals surface area contributed by atoms with Gasteiger partial charge in [0.1, 0.15) is 5.75 Å². The highest BCUT2D eigenvalue weighted by Crippen LogP contribution is 2.34. The van der Waals surface area contributed by atoms with Crippen molar-refractivity contribution in [2.75, 3.05) is 0 Å². The van der Waals surface area contributed by atoms with Gasteiger partial charge in [-0.1, -0.05) is 46.3 Å². The Balaban J connectivity index is 2.21. The van der Waals surface area contributed by atoms with Crippen molar-refractivity contribution in [2.24, 2.45) is 0 Å². The Morgan fingerprint density at radius 3 is 2.35 bits per heavy atom. The molecule has 20 heavy (non-hydrogen) atoms. The first-order valence-corrected chi connectivity index (χ1v) is 6.76. The van der Waals surface area contributed by atoms with Crippen molar-refractivity contribution in [2.45, 2.75) is 0 Å². The molecule has 3 nitrogen and oxygen atoms in total. The topological polar surface area (TPSA) is 54.4 Å². The van der Waals surface area contributed by atoms with Crippen molar-refractivity contribution in [3.8, 4) is 5.75 Å². The van der Waals surface area contributed by atoms with Crippen LogP contribution in [0.4, 0.5) is 0 Å². The Kier molecular flexibility index (Phi) is 3.03. The Morgan fingerprint density at radius 1 is 0.900 bits per heavy atom. The lowest BCUT2D eigenvalue weighted by Crippen LogP contribution is -2.16. The fourth-order valence-electron chi connectivity index (χ4n) is 2.28.